The van der Waals surface area contributed by atoms with E-state index in [0.717, 1.165) is 25.0 Å². The molecular weight excluding hydrogens is 294 g/mol. The van der Waals surface area contributed by atoms with Crippen molar-refractivity contribution in [1.82, 2.24) is 0 Å². The first-order chi connectivity index (χ1) is 11.1. The molecule has 2 N–H and O–H groups in total. The van der Waals surface area contributed by atoms with E-state index >= 15 is 0 Å². The Kier molecular flexibility index (Phi) is 6.86. The van der Waals surface area contributed by atoms with Gasteiger partial charge in [-0.15, -0.1) is 0 Å². The number of para-hydroxylation sites is 1. The fourth-order valence-electron chi connectivity index (χ4n) is 2.76. The van der Waals surface area contributed by atoms with Gasteiger partial charge in [-0.2, -0.15) is 0 Å². The van der Waals surface area contributed by atoms with Crippen LogP contribution in [0.25, 0.3) is 0 Å². The van der Waals surface area contributed by atoms with Crippen molar-refractivity contribution in [3.05, 3.63) is 30.3 Å². The predicted molar refractivity (Wildman–Crippen MR) is 88.3 cm³/mol. The number of hydrogen-bond donors (Lipinski definition) is 1. The van der Waals surface area contributed by atoms with Crippen molar-refractivity contribution in [3.8, 4) is 5.75 Å². The average molecular weight is 321 g/mol. The van der Waals surface area contributed by atoms with Crippen LogP contribution in [0.2, 0.25) is 0 Å². The molecule has 1 aliphatic heterocycles. The molecule has 1 aromatic rings. The van der Waals surface area contributed by atoms with E-state index in [2.05, 4.69) is 6.92 Å². The molecule has 4 atom stereocenters. The lowest BCUT2D eigenvalue weighted by Crippen LogP contribution is -2.44. The molecule has 0 amide bonds. The summed E-state index contributed by atoms with van der Waals surface area (Å²) in [4.78, 5) is 12.0. The largest absolute Gasteiger partial charge is 0.488 e. The van der Waals surface area contributed by atoms with Crippen molar-refractivity contribution in [2.75, 3.05) is 6.61 Å². The van der Waals surface area contributed by atoms with Gasteiger partial charge in [0, 0.05) is 6.61 Å². The maximum Gasteiger partial charge on any atom is 0.323 e. The van der Waals surface area contributed by atoms with Crippen LogP contribution in [0.15, 0.2) is 30.3 Å². The highest BCUT2D eigenvalue weighted by atomic mass is 16.6. The predicted octanol–water partition coefficient (Wildman–Crippen LogP) is 2.67. The van der Waals surface area contributed by atoms with Crippen LogP contribution in [0.3, 0.4) is 0 Å². The number of benzene rings is 1. The van der Waals surface area contributed by atoms with Gasteiger partial charge in [-0.25, -0.2) is 0 Å². The van der Waals surface area contributed by atoms with Crippen LogP contribution in [0.5, 0.6) is 5.75 Å². The molecule has 5 nitrogen and oxygen atoms in total. The van der Waals surface area contributed by atoms with E-state index in [1.54, 1.807) is 0 Å². The summed E-state index contributed by atoms with van der Waals surface area (Å²) in [6.07, 6.45) is 2.20. The molecule has 1 aromatic carbocycles. The van der Waals surface area contributed by atoms with Gasteiger partial charge in [0.25, 0.3) is 0 Å². The first-order valence-electron chi connectivity index (χ1n) is 8.41. The number of rotatable bonds is 5. The molecule has 1 aliphatic rings. The number of ether oxygens (including phenoxy) is 3. The van der Waals surface area contributed by atoms with Gasteiger partial charge in [-0.1, -0.05) is 25.1 Å². The second-order valence-electron chi connectivity index (χ2n) is 5.98. The lowest BCUT2D eigenvalue weighted by molar-refractivity contribution is -0.162. The normalized spacial score (nSPS) is 29.1. The molecule has 0 spiro atoms. The van der Waals surface area contributed by atoms with Gasteiger partial charge in [0.2, 0.25) is 0 Å². The minimum atomic E-state index is -0.570. The van der Waals surface area contributed by atoms with Crippen molar-refractivity contribution in [3.63, 3.8) is 0 Å². The average Bonchev–Trinajstić information content (AvgIpc) is 2.59. The molecule has 2 rings (SSSR count). The van der Waals surface area contributed by atoms with E-state index in [4.69, 9.17) is 19.9 Å². The van der Waals surface area contributed by atoms with E-state index in [1.807, 2.05) is 37.3 Å². The summed E-state index contributed by atoms with van der Waals surface area (Å²) >= 11 is 0. The zero-order valence-electron chi connectivity index (χ0n) is 13.9. The van der Waals surface area contributed by atoms with Crippen molar-refractivity contribution < 1.29 is 19.0 Å². The third kappa shape index (κ3) is 5.22. The summed E-state index contributed by atoms with van der Waals surface area (Å²) < 4.78 is 17.6. The quantitative estimate of drug-likeness (QED) is 0.844. The Morgan fingerprint density at radius 3 is 2.70 bits per heavy atom. The van der Waals surface area contributed by atoms with Crippen LogP contribution < -0.4 is 10.5 Å². The number of carbonyl (C=O) groups excluding carboxylic acids is 1. The number of hydrogen-bond acceptors (Lipinski definition) is 5. The van der Waals surface area contributed by atoms with Crippen molar-refractivity contribution in [2.45, 2.75) is 63.9 Å². The van der Waals surface area contributed by atoms with E-state index in [9.17, 15) is 4.79 Å². The Morgan fingerprint density at radius 2 is 2.00 bits per heavy atom. The molecule has 0 aromatic heterocycles. The molecule has 0 unspecified atom stereocenters. The van der Waals surface area contributed by atoms with Crippen molar-refractivity contribution in [2.24, 2.45) is 5.73 Å². The maximum atomic E-state index is 12.0. The Hall–Kier alpha value is -1.59. The van der Waals surface area contributed by atoms with Crippen LogP contribution in [0.1, 0.15) is 39.5 Å². The lowest BCUT2D eigenvalue weighted by Gasteiger charge is -2.31. The highest BCUT2D eigenvalue weighted by Crippen LogP contribution is 2.23. The van der Waals surface area contributed by atoms with E-state index in [1.165, 1.54) is 0 Å². The molecule has 128 valence electrons. The highest BCUT2D eigenvalue weighted by Gasteiger charge is 2.34. The van der Waals surface area contributed by atoms with Crippen LogP contribution in [-0.2, 0) is 14.3 Å². The lowest BCUT2D eigenvalue weighted by atomic mass is 10.0. The Bertz CT molecular complexity index is 479. The fourth-order valence-corrected chi connectivity index (χ4v) is 2.76. The molecule has 1 fully saturated rings. The van der Waals surface area contributed by atoms with Crippen molar-refractivity contribution >= 4 is 5.97 Å². The number of carbonyl (C=O) groups is 1. The van der Waals surface area contributed by atoms with Gasteiger partial charge in [-0.3, -0.25) is 4.79 Å². The number of esters is 1. The van der Waals surface area contributed by atoms with Crippen LogP contribution in [0, 0.1) is 0 Å². The van der Waals surface area contributed by atoms with Crippen molar-refractivity contribution in [1.29, 1.82) is 0 Å². The third-order valence-corrected chi connectivity index (χ3v) is 3.98. The van der Waals surface area contributed by atoms with E-state index < -0.39 is 12.1 Å². The molecule has 0 saturated carbocycles. The Balaban J connectivity index is 2.16. The Morgan fingerprint density at radius 1 is 1.26 bits per heavy atom. The summed E-state index contributed by atoms with van der Waals surface area (Å²) in [6.45, 7) is 4.50. The Labute approximate surface area is 138 Å². The molecule has 23 heavy (non-hydrogen) atoms. The monoisotopic (exact) mass is 321 g/mol. The summed E-state index contributed by atoms with van der Waals surface area (Å²) in [5.41, 5.74) is 5.87. The zero-order chi connectivity index (χ0) is 16.7. The first kappa shape index (κ1) is 17.8. The molecular formula is C18H27NO4. The standard InChI is InChI=1S/C18H27NO4/c1-3-12-21-17-13(2)22-18(20)15(19)10-7-11-16(17)23-14-8-5-4-6-9-14/h4-6,8-9,13,15-17H,3,7,10-12,19H2,1-2H3/t13-,15-,16-,17-/m0/s1. The smallest absolute Gasteiger partial charge is 0.323 e. The van der Waals surface area contributed by atoms with Gasteiger partial charge in [-0.05, 0) is 44.7 Å². The topological polar surface area (TPSA) is 70.8 Å². The van der Waals surface area contributed by atoms with Crippen LogP contribution in [-0.4, -0.2) is 36.9 Å². The summed E-state index contributed by atoms with van der Waals surface area (Å²) in [6, 6.07) is 9.10. The highest BCUT2D eigenvalue weighted by molar-refractivity contribution is 5.75. The van der Waals surface area contributed by atoms with Gasteiger partial charge in [0.05, 0.1) is 0 Å². The third-order valence-electron chi connectivity index (χ3n) is 3.98. The number of cyclic esters (lactones) is 1. The second-order valence-corrected chi connectivity index (χ2v) is 5.98. The molecule has 1 saturated heterocycles. The minimum absolute atomic E-state index is 0.169. The minimum Gasteiger partial charge on any atom is -0.488 e. The van der Waals surface area contributed by atoms with E-state index in [-0.39, 0.29) is 18.2 Å². The maximum absolute atomic E-state index is 12.0. The van der Waals surface area contributed by atoms with Gasteiger partial charge in [0.1, 0.15) is 30.1 Å². The van der Waals surface area contributed by atoms with Gasteiger partial charge >= 0.3 is 5.97 Å². The van der Waals surface area contributed by atoms with Gasteiger partial charge in [0.15, 0.2) is 0 Å². The summed E-state index contributed by atoms with van der Waals surface area (Å²) in [5.74, 6) is 0.438. The molecule has 0 aliphatic carbocycles. The summed E-state index contributed by atoms with van der Waals surface area (Å²) in [7, 11) is 0. The van der Waals surface area contributed by atoms with Gasteiger partial charge < -0.3 is 19.9 Å². The second kappa shape index (κ2) is 8.89. The first-order valence-corrected chi connectivity index (χ1v) is 8.41. The van der Waals surface area contributed by atoms with E-state index in [0.29, 0.717) is 13.0 Å². The summed E-state index contributed by atoms with van der Waals surface area (Å²) in [5, 5.41) is 0. The molecule has 0 radical (unpaired) electrons. The SMILES string of the molecule is CCCO[C@H]1[C@H](C)OC(=O)[C@@H](N)CCC[C@@H]1Oc1ccccc1. The van der Waals surface area contributed by atoms with Crippen LogP contribution in [0.4, 0.5) is 0 Å². The number of nitrogens with two attached hydrogens (primary N) is 1. The zero-order valence-corrected chi connectivity index (χ0v) is 13.9. The molecule has 5 heteroatoms. The molecule has 1 heterocycles. The molecule has 0 bridgehead atoms. The fraction of sp³-hybridized carbons (Fsp3) is 0.611. The van der Waals surface area contributed by atoms with Crippen LogP contribution >= 0.6 is 0 Å².